The Morgan fingerprint density at radius 3 is 2.59 bits per heavy atom. The standard InChI is InChI=1S/C9H12F3N5/c10-9(11,12)6-3-7(14-4-5-1-2-5)16-8(15-6)17-13/h3,5H,1-2,4,13H2,(H2,14,15,16,17). The predicted octanol–water partition coefficient (Wildman–Crippen LogP) is 1.60. The topological polar surface area (TPSA) is 75.9 Å². The number of rotatable bonds is 4. The third kappa shape index (κ3) is 3.19. The van der Waals surface area contributed by atoms with Crippen LogP contribution in [0, 0.1) is 5.92 Å². The fraction of sp³-hybridized carbons (Fsp3) is 0.556. The van der Waals surface area contributed by atoms with Crippen LogP contribution in [0.4, 0.5) is 24.9 Å². The van der Waals surface area contributed by atoms with Gasteiger partial charge in [-0.3, -0.25) is 5.43 Å². The van der Waals surface area contributed by atoms with Crippen molar-refractivity contribution >= 4 is 11.8 Å². The van der Waals surface area contributed by atoms with E-state index in [1.54, 1.807) is 0 Å². The molecule has 1 heterocycles. The first-order chi connectivity index (χ1) is 7.99. The fourth-order valence-electron chi connectivity index (χ4n) is 1.32. The van der Waals surface area contributed by atoms with Gasteiger partial charge in [0.2, 0.25) is 5.95 Å². The van der Waals surface area contributed by atoms with E-state index in [9.17, 15) is 13.2 Å². The lowest BCUT2D eigenvalue weighted by molar-refractivity contribution is -0.141. The monoisotopic (exact) mass is 247 g/mol. The molecule has 1 aromatic heterocycles. The number of alkyl halides is 3. The van der Waals surface area contributed by atoms with Crippen LogP contribution in [0.15, 0.2) is 6.07 Å². The van der Waals surface area contributed by atoms with Gasteiger partial charge in [-0.15, -0.1) is 0 Å². The Kier molecular flexibility index (Phi) is 3.05. The second-order valence-corrected chi connectivity index (χ2v) is 3.93. The van der Waals surface area contributed by atoms with Crippen LogP contribution in [0.2, 0.25) is 0 Å². The molecule has 1 aliphatic carbocycles. The fourth-order valence-corrected chi connectivity index (χ4v) is 1.32. The summed E-state index contributed by atoms with van der Waals surface area (Å²) in [6, 6.07) is 0.878. The second kappa shape index (κ2) is 4.36. The average Bonchev–Trinajstić information content (AvgIpc) is 3.08. The molecule has 0 saturated heterocycles. The highest BCUT2D eigenvalue weighted by atomic mass is 19.4. The molecule has 0 aromatic carbocycles. The van der Waals surface area contributed by atoms with Crippen molar-refractivity contribution in [1.29, 1.82) is 0 Å². The molecule has 5 nitrogen and oxygen atoms in total. The number of nitrogens with zero attached hydrogens (tertiary/aromatic N) is 2. The maximum atomic E-state index is 12.5. The quantitative estimate of drug-likeness (QED) is 0.556. The zero-order chi connectivity index (χ0) is 12.5. The third-order valence-electron chi connectivity index (χ3n) is 2.41. The number of aromatic nitrogens is 2. The number of hydrazine groups is 1. The molecule has 94 valence electrons. The minimum absolute atomic E-state index is 0.132. The molecule has 1 aromatic rings. The molecule has 0 bridgehead atoms. The molecule has 4 N–H and O–H groups in total. The number of halogens is 3. The van der Waals surface area contributed by atoms with Gasteiger partial charge >= 0.3 is 6.18 Å². The number of nitrogen functional groups attached to an aromatic ring is 1. The highest BCUT2D eigenvalue weighted by molar-refractivity contribution is 5.42. The molecule has 0 unspecified atom stereocenters. The summed E-state index contributed by atoms with van der Waals surface area (Å²) in [6.07, 6.45) is -2.30. The molecular formula is C9H12F3N5. The first kappa shape index (κ1) is 11.9. The van der Waals surface area contributed by atoms with Gasteiger partial charge in [0.05, 0.1) is 0 Å². The van der Waals surface area contributed by atoms with Crippen LogP contribution in [0.25, 0.3) is 0 Å². The Morgan fingerprint density at radius 1 is 1.35 bits per heavy atom. The van der Waals surface area contributed by atoms with Gasteiger partial charge in [0.1, 0.15) is 5.82 Å². The molecule has 8 heteroatoms. The molecule has 0 atom stereocenters. The van der Waals surface area contributed by atoms with Crippen LogP contribution in [0.1, 0.15) is 18.5 Å². The van der Waals surface area contributed by atoms with Gasteiger partial charge in [-0.1, -0.05) is 0 Å². The van der Waals surface area contributed by atoms with Gasteiger partial charge in [-0.25, -0.2) is 10.8 Å². The average molecular weight is 247 g/mol. The number of nitrogens with two attached hydrogens (primary N) is 1. The lowest BCUT2D eigenvalue weighted by Crippen LogP contribution is -2.17. The van der Waals surface area contributed by atoms with Gasteiger partial charge in [0.25, 0.3) is 0 Å². The molecule has 0 amide bonds. The molecule has 0 aliphatic heterocycles. The predicted molar refractivity (Wildman–Crippen MR) is 56.1 cm³/mol. The Morgan fingerprint density at radius 2 is 2.06 bits per heavy atom. The van der Waals surface area contributed by atoms with E-state index < -0.39 is 11.9 Å². The molecule has 1 aliphatic rings. The minimum Gasteiger partial charge on any atom is -0.370 e. The summed E-state index contributed by atoms with van der Waals surface area (Å²) in [4.78, 5) is 7.06. The molecule has 1 saturated carbocycles. The van der Waals surface area contributed by atoms with Crippen LogP contribution in [-0.4, -0.2) is 16.5 Å². The Labute approximate surface area is 95.6 Å². The van der Waals surface area contributed by atoms with E-state index in [2.05, 4.69) is 15.3 Å². The Bertz CT molecular complexity index is 402. The van der Waals surface area contributed by atoms with Gasteiger partial charge in [0.15, 0.2) is 5.69 Å². The maximum Gasteiger partial charge on any atom is 0.433 e. The lowest BCUT2D eigenvalue weighted by atomic mass is 10.3. The van der Waals surface area contributed by atoms with Crippen molar-refractivity contribution in [3.63, 3.8) is 0 Å². The zero-order valence-corrected chi connectivity index (χ0v) is 8.88. The van der Waals surface area contributed by atoms with E-state index in [1.165, 1.54) is 0 Å². The summed E-state index contributed by atoms with van der Waals surface area (Å²) in [7, 11) is 0. The number of hydrogen-bond donors (Lipinski definition) is 3. The highest BCUT2D eigenvalue weighted by Gasteiger charge is 2.33. The first-order valence-corrected chi connectivity index (χ1v) is 5.16. The van der Waals surface area contributed by atoms with Crippen molar-refractivity contribution in [2.45, 2.75) is 19.0 Å². The zero-order valence-electron chi connectivity index (χ0n) is 8.88. The Balaban J connectivity index is 2.18. The van der Waals surface area contributed by atoms with Crippen LogP contribution in [-0.2, 0) is 6.18 Å². The SMILES string of the molecule is NNc1nc(NCC2CC2)cc(C(F)(F)F)n1. The molecule has 0 radical (unpaired) electrons. The number of nitrogens with one attached hydrogen (secondary N) is 2. The summed E-state index contributed by atoms with van der Waals surface area (Å²) in [5.41, 5.74) is 1.01. The van der Waals surface area contributed by atoms with E-state index in [4.69, 9.17) is 5.84 Å². The van der Waals surface area contributed by atoms with E-state index in [0.717, 1.165) is 18.9 Å². The molecule has 0 spiro atoms. The highest BCUT2D eigenvalue weighted by Crippen LogP contribution is 2.31. The molecule has 2 rings (SSSR count). The van der Waals surface area contributed by atoms with Crippen molar-refractivity contribution in [3.8, 4) is 0 Å². The van der Waals surface area contributed by atoms with Gasteiger partial charge < -0.3 is 5.32 Å². The largest absolute Gasteiger partial charge is 0.433 e. The van der Waals surface area contributed by atoms with Gasteiger partial charge in [-0.2, -0.15) is 18.2 Å². The van der Waals surface area contributed by atoms with Crippen LogP contribution in [0.3, 0.4) is 0 Å². The van der Waals surface area contributed by atoms with E-state index in [0.29, 0.717) is 12.5 Å². The summed E-state index contributed by atoms with van der Waals surface area (Å²) in [5.74, 6) is 5.44. The molecule has 1 fully saturated rings. The lowest BCUT2D eigenvalue weighted by Gasteiger charge is -2.11. The smallest absolute Gasteiger partial charge is 0.370 e. The summed E-state index contributed by atoms with van der Waals surface area (Å²) in [5, 5.41) is 2.85. The van der Waals surface area contributed by atoms with Crippen molar-refractivity contribution < 1.29 is 13.2 Å². The van der Waals surface area contributed by atoms with Crippen molar-refractivity contribution in [3.05, 3.63) is 11.8 Å². The molecule has 17 heavy (non-hydrogen) atoms. The normalized spacial score (nSPS) is 15.8. The summed E-state index contributed by atoms with van der Waals surface area (Å²) >= 11 is 0. The molecular weight excluding hydrogens is 235 g/mol. The van der Waals surface area contributed by atoms with Gasteiger partial charge in [0, 0.05) is 12.6 Å². The van der Waals surface area contributed by atoms with Gasteiger partial charge in [-0.05, 0) is 18.8 Å². The van der Waals surface area contributed by atoms with Crippen LogP contribution >= 0.6 is 0 Å². The summed E-state index contributed by atoms with van der Waals surface area (Å²) < 4.78 is 37.5. The van der Waals surface area contributed by atoms with E-state index in [-0.39, 0.29) is 11.8 Å². The number of anilines is 2. The van der Waals surface area contributed by atoms with Crippen molar-refractivity contribution in [2.24, 2.45) is 11.8 Å². The Hall–Kier alpha value is -1.57. The van der Waals surface area contributed by atoms with Crippen LogP contribution < -0.4 is 16.6 Å². The van der Waals surface area contributed by atoms with Crippen molar-refractivity contribution in [1.82, 2.24) is 9.97 Å². The third-order valence-corrected chi connectivity index (χ3v) is 2.41. The van der Waals surface area contributed by atoms with Crippen molar-refractivity contribution in [2.75, 3.05) is 17.3 Å². The second-order valence-electron chi connectivity index (χ2n) is 3.93. The first-order valence-electron chi connectivity index (χ1n) is 5.16. The maximum absolute atomic E-state index is 12.5. The minimum atomic E-state index is -4.51. The van der Waals surface area contributed by atoms with E-state index in [1.807, 2.05) is 5.43 Å². The number of hydrogen-bond acceptors (Lipinski definition) is 5. The van der Waals surface area contributed by atoms with E-state index >= 15 is 0 Å². The van der Waals surface area contributed by atoms with Crippen LogP contribution in [0.5, 0.6) is 0 Å². The summed E-state index contributed by atoms with van der Waals surface area (Å²) in [6.45, 7) is 0.623.